The van der Waals surface area contributed by atoms with Gasteiger partial charge in [-0.15, -0.1) is 0 Å². The average molecular weight is 1580 g/mol. The van der Waals surface area contributed by atoms with Gasteiger partial charge in [-0.1, -0.05) is 392 Å². The van der Waals surface area contributed by atoms with Crippen molar-refractivity contribution in [3.05, 3.63) is 483 Å². The lowest BCUT2D eigenvalue weighted by molar-refractivity contribution is 0.660. The van der Waals surface area contributed by atoms with E-state index in [1.165, 1.54) is 133 Å². The molecule has 0 saturated carbocycles. The van der Waals surface area contributed by atoms with E-state index in [4.69, 9.17) is 0 Å². The van der Waals surface area contributed by atoms with Crippen LogP contribution < -0.4 is 9.80 Å². The SMILES string of the molecule is CC1(C)c2cc(-c3ccccc3-c3ccccc3)ccc2-c2ccc(N(c3ccc(-c4cccc5cc(-c6ccc(-c7cccc(-c8ccccc8)c7)c(N(c7ccc(-c8ccc9ccccc9c8)cc7)c7ccc8c(c7)C(C)(C)c7cc(-c9ccccc9-c9ccccc9)ccc7-8)c6)ccc45)cc3)c3ccccc3-c3cccc(-c4ccccc4)c3)cc21. The molecule has 2 aliphatic rings. The Morgan fingerprint density at radius 2 is 0.435 bits per heavy atom. The van der Waals surface area contributed by atoms with Crippen LogP contribution in [0, 0.1) is 0 Å². The van der Waals surface area contributed by atoms with Crippen LogP contribution in [0.15, 0.2) is 461 Å². The first kappa shape index (κ1) is 74.8. The smallest absolute Gasteiger partial charge is 0.0546 e. The molecule has 0 bridgehead atoms. The van der Waals surface area contributed by atoms with Crippen LogP contribution in [0.1, 0.15) is 49.9 Å². The summed E-state index contributed by atoms with van der Waals surface area (Å²) in [7, 11) is 0. The molecular formula is C122H88N2. The Labute approximate surface area is 726 Å². The van der Waals surface area contributed by atoms with Gasteiger partial charge in [-0.05, 0) is 274 Å². The zero-order valence-corrected chi connectivity index (χ0v) is 69.8. The van der Waals surface area contributed by atoms with Crippen molar-refractivity contribution in [1.82, 2.24) is 0 Å². The molecule has 0 spiro atoms. The quantitative estimate of drug-likeness (QED) is 0.0896. The van der Waals surface area contributed by atoms with Crippen LogP contribution in [0.4, 0.5) is 34.1 Å². The number of rotatable bonds is 17. The maximum atomic E-state index is 2.53. The summed E-state index contributed by atoms with van der Waals surface area (Å²) < 4.78 is 0. The Kier molecular flexibility index (Phi) is 18.7. The largest absolute Gasteiger partial charge is 0.310 e. The summed E-state index contributed by atoms with van der Waals surface area (Å²) in [5.41, 5.74) is 42.1. The highest BCUT2D eigenvalue weighted by Crippen LogP contribution is 2.56. The van der Waals surface area contributed by atoms with E-state index in [-0.39, 0.29) is 10.8 Å². The van der Waals surface area contributed by atoms with E-state index in [0.29, 0.717) is 0 Å². The van der Waals surface area contributed by atoms with Crippen molar-refractivity contribution in [3.63, 3.8) is 0 Å². The van der Waals surface area contributed by atoms with E-state index in [0.717, 1.165) is 89.6 Å². The zero-order chi connectivity index (χ0) is 83.0. The second-order valence-electron chi connectivity index (χ2n) is 34.3. The van der Waals surface area contributed by atoms with Crippen molar-refractivity contribution in [2.75, 3.05) is 9.80 Å². The predicted molar refractivity (Wildman–Crippen MR) is 526 cm³/mol. The molecule has 0 radical (unpaired) electrons. The van der Waals surface area contributed by atoms with E-state index in [1.54, 1.807) is 0 Å². The molecule has 2 aliphatic carbocycles. The Morgan fingerprint density at radius 3 is 0.968 bits per heavy atom. The number of fused-ring (bicyclic) bond motifs is 8. The van der Waals surface area contributed by atoms with E-state index >= 15 is 0 Å². The second-order valence-corrected chi connectivity index (χ2v) is 34.3. The van der Waals surface area contributed by atoms with Gasteiger partial charge in [0.15, 0.2) is 0 Å². The second kappa shape index (κ2) is 31.0. The molecule has 0 heterocycles. The highest BCUT2D eigenvalue weighted by atomic mass is 15.2. The lowest BCUT2D eigenvalue weighted by Crippen LogP contribution is -2.17. The molecule has 2 heteroatoms. The predicted octanol–water partition coefficient (Wildman–Crippen LogP) is 33.9. The summed E-state index contributed by atoms with van der Waals surface area (Å²) in [4.78, 5) is 5.01. The summed E-state index contributed by atoms with van der Waals surface area (Å²) in [6, 6.07) is 172. The number of nitrogens with zero attached hydrogens (tertiary/aromatic N) is 2. The van der Waals surface area contributed by atoms with Gasteiger partial charge in [-0.2, -0.15) is 0 Å². The summed E-state index contributed by atoms with van der Waals surface area (Å²) >= 11 is 0. The minimum atomic E-state index is -0.340. The lowest BCUT2D eigenvalue weighted by Gasteiger charge is -2.30. The number of hydrogen-bond acceptors (Lipinski definition) is 2. The highest BCUT2D eigenvalue weighted by molar-refractivity contribution is 6.02. The van der Waals surface area contributed by atoms with Crippen molar-refractivity contribution in [3.8, 4) is 145 Å². The summed E-state index contributed by atoms with van der Waals surface area (Å²) in [6.45, 7) is 9.64. The molecule has 124 heavy (non-hydrogen) atoms. The molecule has 22 rings (SSSR count). The number of benzene rings is 20. The van der Waals surface area contributed by atoms with Gasteiger partial charge in [0.25, 0.3) is 0 Å². The Hall–Kier alpha value is -15.5. The Morgan fingerprint density at radius 1 is 0.145 bits per heavy atom. The van der Waals surface area contributed by atoms with Gasteiger partial charge in [0.2, 0.25) is 0 Å². The van der Waals surface area contributed by atoms with Crippen molar-refractivity contribution in [2.45, 2.75) is 38.5 Å². The minimum Gasteiger partial charge on any atom is -0.310 e. The third-order valence-electron chi connectivity index (χ3n) is 26.3. The zero-order valence-electron chi connectivity index (χ0n) is 69.8. The molecule has 0 aromatic heterocycles. The fourth-order valence-corrected chi connectivity index (χ4v) is 19.9. The molecule has 586 valence electrons. The van der Waals surface area contributed by atoms with Gasteiger partial charge in [0.05, 0.1) is 11.4 Å². The van der Waals surface area contributed by atoms with E-state index in [1.807, 2.05) is 0 Å². The standard InChI is InChI=1S/C122H88N2/c1-121(2)115-76-97(106-45-21-19-43-103(106)85-33-13-7-14-34-85)58-68-111(115)113-70-64-101(79-117(113)121)123(119-49-24-23-47-109(119)95-40-25-38-89(73-95)81-28-9-5-10-29-81)99-62-54-87(55-63-99)105-48-27-42-94-75-92(56-66-108(94)105)93-57-67-110(96-41-26-39-90(74-96)82-30-11-6-12-31-82)120(78-93)124(100-60-52-84(53-61-100)91-51-50-83-32-17-18-37-88(83)72-91)102-65-71-114-112-69-59-98(77-116(112)122(3,4)118(114)80-102)107-46-22-20-44-104(107)86-35-15-8-16-36-86/h5-80H,1-4H3. The molecular weight excluding hydrogens is 1490 g/mol. The van der Waals surface area contributed by atoms with Crippen LogP contribution in [-0.2, 0) is 10.8 Å². The van der Waals surface area contributed by atoms with Crippen LogP contribution in [0.25, 0.3) is 166 Å². The fraction of sp³-hybridized carbons (Fsp3) is 0.0492. The van der Waals surface area contributed by atoms with Gasteiger partial charge >= 0.3 is 0 Å². The van der Waals surface area contributed by atoms with Crippen LogP contribution >= 0.6 is 0 Å². The molecule has 0 saturated heterocycles. The van der Waals surface area contributed by atoms with E-state index < -0.39 is 0 Å². The first-order valence-corrected chi connectivity index (χ1v) is 43.2. The molecule has 20 aromatic carbocycles. The van der Waals surface area contributed by atoms with Crippen LogP contribution in [0.2, 0.25) is 0 Å². The fourth-order valence-electron chi connectivity index (χ4n) is 19.9. The Balaban J connectivity index is 0.652. The van der Waals surface area contributed by atoms with Crippen molar-refractivity contribution in [1.29, 1.82) is 0 Å². The third kappa shape index (κ3) is 13.4. The number of anilines is 6. The normalized spacial score (nSPS) is 12.6. The van der Waals surface area contributed by atoms with Crippen LogP contribution in [-0.4, -0.2) is 0 Å². The minimum absolute atomic E-state index is 0.307. The maximum Gasteiger partial charge on any atom is 0.0546 e. The van der Waals surface area contributed by atoms with Gasteiger partial charge in [0.1, 0.15) is 0 Å². The maximum absolute atomic E-state index is 2.53. The van der Waals surface area contributed by atoms with Crippen molar-refractivity contribution in [2.24, 2.45) is 0 Å². The third-order valence-corrected chi connectivity index (χ3v) is 26.3. The summed E-state index contributed by atoms with van der Waals surface area (Å²) in [5, 5.41) is 4.80. The molecule has 0 N–H and O–H groups in total. The van der Waals surface area contributed by atoms with E-state index in [9.17, 15) is 0 Å². The van der Waals surface area contributed by atoms with Crippen LogP contribution in [0.5, 0.6) is 0 Å². The molecule has 0 unspecified atom stereocenters. The monoisotopic (exact) mass is 1580 g/mol. The van der Waals surface area contributed by atoms with Gasteiger partial charge in [-0.25, -0.2) is 0 Å². The molecule has 0 aliphatic heterocycles. The van der Waals surface area contributed by atoms with Gasteiger partial charge in [-0.3, -0.25) is 0 Å². The number of para-hydroxylation sites is 1. The van der Waals surface area contributed by atoms with Crippen LogP contribution in [0.3, 0.4) is 0 Å². The van der Waals surface area contributed by atoms with E-state index in [2.05, 4.69) is 499 Å². The molecule has 2 nitrogen and oxygen atoms in total. The summed E-state index contributed by atoms with van der Waals surface area (Å²) in [6.07, 6.45) is 0. The first-order chi connectivity index (χ1) is 61.0. The number of hydrogen-bond donors (Lipinski definition) is 0. The van der Waals surface area contributed by atoms with Gasteiger partial charge in [0, 0.05) is 44.7 Å². The van der Waals surface area contributed by atoms with Gasteiger partial charge < -0.3 is 9.80 Å². The topological polar surface area (TPSA) is 6.48 Å². The summed E-state index contributed by atoms with van der Waals surface area (Å²) in [5.74, 6) is 0. The van der Waals surface area contributed by atoms with Crippen molar-refractivity contribution < 1.29 is 0 Å². The Bertz CT molecular complexity index is 7510. The molecule has 0 fully saturated rings. The molecule has 0 atom stereocenters. The lowest BCUT2D eigenvalue weighted by atomic mass is 9.81. The average Bonchev–Trinajstić information content (AvgIpc) is 1.57. The first-order valence-electron chi connectivity index (χ1n) is 43.2. The molecule has 20 aromatic rings. The van der Waals surface area contributed by atoms with Crippen molar-refractivity contribution >= 4 is 55.7 Å². The highest BCUT2D eigenvalue weighted by Gasteiger charge is 2.39. The molecule has 0 amide bonds.